The third kappa shape index (κ3) is 3.94. The van der Waals surface area contributed by atoms with Gasteiger partial charge >= 0.3 is 0 Å². The van der Waals surface area contributed by atoms with Crippen molar-refractivity contribution in [1.29, 1.82) is 0 Å². The third-order valence-electron chi connectivity index (χ3n) is 4.89. The summed E-state index contributed by atoms with van der Waals surface area (Å²) < 4.78 is 24.8. The number of ether oxygens (including phenoxy) is 2. The first-order valence-corrected chi connectivity index (χ1v) is 8.58. The summed E-state index contributed by atoms with van der Waals surface area (Å²) in [5.74, 6) is -0.217. The Balaban J connectivity index is 1.53. The number of carbonyl (C=O) groups is 1. The number of likely N-dealkylation sites (tertiary alicyclic amines) is 1. The number of fused-ring (bicyclic) bond motifs is 1. The number of nitrogens with one attached hydrogen (secondary N) is 1. The van der Waals surface area contributed by atoms with Gasteiger partial charge in [-0.1, -0.05) is 18.2 Å². The molecule has 1 aromatic carbocycles. The average Bonchev–Trinajstić information content (AvgIpc) is 2.99. The van der Waals surface area contributed by atoms with Crippen molar-refractivity contribution < 1.29 is 18.7 Å². The van der Waals surface area contributed by atoms with Crippen LogP contribution in [-0.4, -0.2) is 55.9 Å². The minimum absolute atomic E-state index is 0.0574. The first-order chi connectivity index (χ1) is 11.7. The van der Waals surface area contributed by atoms with E-state index in [1.807, 2.05) is 12.1 Å². The average molecular weight is 336 g/mol. The van der Waals surface area contributed by atoms with Crippen LogP contribution in [-0.2, 0) is 20.8 Å². The molecule has 0 spiro atoms. The lowest BCUT2D eigenvalue weighted by Gasteiger charge is -2.35. The molecule has 6 heteroatoms. The topological polar surface area (TPSA) is 50.8 Å². The van der Waals surface area contributed by atoms with Crippen molar-refractivity contribution in [2.24, 2.45) is 0 Å². The first kappa shape index (κ1) is 17.3. The van der Waals surface area contributed by atoms with E-state index in [0.29, 0.717) is 26.1 Å². The number of benzene rings is 1. The maximum Gasteiger partial charge on any atom is 0.249 e. The van der Waals surface area contributed by atoms with Gasteiger partial charge in [0, 0.05) is 38.3 Å². The fourth-order valence-electron chi connectivity index (χ4n) is 3.64. The highest BCUT2D eigenvalue weighted by Gasteiger charge is 2.41. The molecule has 3 rings (SSSR count). The molecule has 0 bridgehead atoms. The Morgan fingerprint density at radius 1 is 1.38 bits per heavy atom. The van der Waals surface area contributed by atoms with Crippen LogP contribution in [0.1, 0.15) is 24.8 Å². The van der Waals surface area contributed by atoms with E-state index in [2.05, 4.69) is 10.2 Å². The van der Waals surface area contributed by atoms with Gasteiger partial charge in [0.2, 0.25) is 5.91 Å². The fourth-order valence-corrected chi connectivity index (χ4v) is 3.64. The van der Waals surface area contributed by atoms with Gasteiger partial charge < -0.3 is 14.8 Å². The molecule has 1 aromatic rings. The zero-order valence-corrected chi connectivity index (χ0v) is 14.0. The molecule has 2 aliphatic rings. The van der Waals surface area contributed by atoms with Crippen LogP contribution in [0.3, 0.4) is 0 Å². The highest BCUT2D eigenvalue weighted by atomic mass is 19.1. The Kier molecular flexibility index (Phi) is 5.81. The summed E-state index contributed by atoms with van der Waals surface area (Å²) in [4.78, 5) is 14.4. The molecule has 0 unspecified atom stereocenters. The zero-order valence-electron chi connectivity index (χ0n) is 14.0. The largest absolute Gasteiger partial charge is 0.383 e. The lowest BCUT2D eigenvalue weighted by atomic mass is 9.98. The van der Waals surface area contributed by atoms with Crippen molar-refractivity contribution in [3.05, 3.63) is 35.6 Å². The normalized spacial score (nSPS) is 27.0. The molecule has 0 aromatic heterocycles. The van der Waals surface area contributed by atoms with Crippen LogP contribution >= 0.6 is 0 Å². The molecule has 0 saturated carbocycles. The zero-order chi connectivity index (χ0) is 16.9. The van der Waals surface area contributed by atoms with Crippen molar-refractivity contribution in [3.8, 4) is 0 Å². The molecule has 1 amide bonds. The number of halogens is 1. The van der Waals surface area contributed by atoms with Gasteiger partial charge in [-0.2, -0.15) is 0 Å². The number of hydrogen-bond acceptors (Lipinski definition) is 4. The fraction of sp³-hybridized carbons (Fsp3) is 0.611. The molecule has 2 heterocycles. The summed E-state index contributed by atoms with van der Waals surface area (Å²) in [6.45, 7) is 2.48. The smallest absolute Gasteiger partial charge is 0.249 e. The van der Waals surface area contributed by atoms with Crippen molar-refractivity contribution in [1.82, 2.24) is 10.2 Å². The van der Waals surface area contributed by atoms with Crippen LogP contribution in [0.2, 0.25) is 0 Å². The number of methoxy groups -OCH3 is 1. The quantitative estimate of drug-likeness (QED) is 0.804. The van der Waals surface area contributed by atoms with Crippen LogP contribution in [0.4, 0.5) is 4.39 Å². The minimum Gasteiger partial charge on any atom is -0.383 e. The van der Waals surface area contributed by atoms with E-state index < -0.39 is 0 Å². The Morgan fingerprint density at radius 3 is 3.00 bits per heavy atom. The van der Waals surface area contributed by atoms with Gasteiger partial charge in [0.05, 0.1) is 12.7 Å². The molecular weight excluding hydrogens is 311 g/mol. The van der Waals surface area contributed by atoms with E-state index in [1.54, 1.807) is 13.2 Å². The van der Waals surface area contributed by atoms with Crippen LogP contribution in [0.25, 0.3) is 0 Å². The van der Waals surface area contributed by atoms with E-state index in [4.69, 9.17) is 9.47 Å². The van der Waals surface area contributed by atoms with Crippen molar-refractivity contribution >= 4 is 5.91 Å². The van der Waals surface area contributed by atoms with Gasteiger partial charge in [-0.15, -0.1) is 0 Å². The second-order valence-corrected chi connectivity index (χ2v) is 6.44. The molecule has 132 valence electrons. The minimum atomic E-state index is -0.378. The van der Waals surface area contributed by atoms with Crippen LogP contribution in [0.5, 0.6) is 0 Å². The number of hydrogen-bond donors (Lipinski definition) is 1. The summed E-state index contributed by atoms with van der Waals surface area (Å²) >= 11 is 0. The van der Waals surface area contributed by atoms with Gasteiger partial charge in [0.15, 0.2) is 0 Å². The predicted molar refractivity (Wildman–Crippen MR) is 88.0 cm³/mol. The number of carbonyl (C=O) groups excluding carboxylic acids is 1. The second kappa shape index (κ2) is 8.05. The van der Waals surface area contributed by atoms with Gasteiger partial charge in [-0.05, 0) is 25.3 Å². The van der Waals surface area contributed by atoms with Crippen LogP contribution < -0.4 is 5.32 Å². The lowest BCUT2D eigenvalue weighted by Crippen LogP contribution is -2.48. The second-order valence-electron chi connectivity index (χ2n) is 6.44. The van der Waals surface area contributed by atoms with Crippen molar-refractivity contribution in [2.75, 3.05) is 26.8 Å². The molecule has 2 aliphatic heterocycles. The summed E-state index contributed by atoms with van der Waals surface area (Å²) in [6, 6.07) is 7.18. The van der Waals surface area contributed by atoms with Crippen LogP contribution in [0.15, 0.2) is 24.3 Å². The SMILES string of the molecule is COCCNC(=O)[C@@H]1CC[C@H]2[C@H](CCN2Cc2ccccc2F)O1. The molecule has 24 heavy (non-hydrogen) atoms. The summed E-state index contributed by atoms with van der Waals surface area (Å²) in [5.41, 5.74) is 0.720. The molecule has 3 atom stereocenters. The van der Waals surface area contributed by atoms with Crippen molar-refractivity contribution in [3.63, 3.8) is 0 Å². The Labute approximate surface area is 142 Å². The van der Waals surface area contributed by atoms with E-state index in [0.717, 1.165) is 24.9 Å². The van der Waals surface area contributed by atoms with E-state index in [-0.39, 0.29) is 30.0 Å². The monoisotopic (exact) mass is 336 g/mol. The lowest BCUT2D eigenvalue weighted by molar-refractivity contribution is -0.144. The van der Waals surface area contributed by atoms with Gasteiger partial charge in [-0.25, -0.2) is 4.39 Å². The Morgan fingerprint density at radius 2 is 2.21 bits per heavy atom. The van der Waals surface area contributed by atoms with Crippen molar-refractivity contribution in [2.45, 2.75) is 44.1 Å². The third-order valence-corrected chi connectivity index (χ3v) is 4.89. The Bertz CT molecular complexity index is 569. The molecule has 1 N–H and O–H groups in total. The van der Waals surface area contributed by atoms with Gasteiger partial charge in [0.25, 0.3) is 0 Å². The van der Waals surface area contributed by atoms with E-state index in [9.17, 15) is 9.18 Å². The highest BCUT2D eigenvalue weighted by Crippen LogP contribution is 2.32. The molecule has 2 saturated heterocycles. The van der Waals surface area contributed by atoms with E-state index in [1.165, 1.54) is 6.07 Å². The maximum atomic E-state index is 13.9. The maximum absolute atomic E-state index is 13.9. The highest BCUT2D eigenvalue weighted by molar-refractivity contribution is 5.80. The summed E-state index contributed by atoms with van der Waals surface area (Å²) in [6.07, 6.45) is 2.18. The molecule has 0 aliphatic carbocycles. The standard InChI is InChI=1S/C18H25FN2O3/c1-23-11-9-20-18(22)17-7-6-15-16(24-17)8-10-21(15)12-13-4-2-3-5-14(13)19/h2-5,15-17H,6-12H2,1H3,(H,20,22)/t15-,16-,17-/m0/s1. The molecule has 0 radical (unpaired) electrons. The van der Waals surface area contributed by atoms with E-state index >= 15 is 0 Å². The molecule has 2 fully saturated rings. The summed E-state index contributed by atoms with van der Waals surface area (Å²) in [7, 11) is 1.61. The summed E-state index contributed by atoms with van der Waals surface area (Å²) in [5, 5.41) is 2.84. The number of nitrogens with zero attached hydrogens (tertiary/aromatic N) is 1. The molecular formula is C18H25FN2O3. The van der Waals surface area contributed by atoms with Gasteiger partial charge in [-0.3, -0.25) is 9.69 Å². The van der Waals surface area contributed by atoms with Gasteiger partial charge in [0.1, 0.15) is 11.9 Å². The predicted octanol–water partition coefficient (Wildman–Crippen LogP) is 1.71. The number of amides is 1. The van der Waals surface area contributed by atoms with Crippen LogP contribution in [0, 0.1) is 5.82 Å². The molecule has 5 nitrogen and oxygen atoms in total. The first-order valence-electron chi connectivity index (χ1n) is 8.58. The Hall–Kier alpha value is -1.50. The number of rotatable bonds is 6.